The standard InChI is InChI=1S/C17H19N3O2S/c1-12-4-2-5-13(8-12)10-18-15(21)9-14-11-23-17(19-14)20-7-3-6-16(20)22/h2,4-5,8,11H,3,6-7,9-10H2,1H3,(H,18,21). The number of carbonyl (C=O) groups is 2. The van der Waals surface area contributed by atoms with Crippen LogP contribution in [0.25, 0.3) is 0 Å². The van der Waals surface area contributed by atoms with Crippen molar-refractivity contribution in [1.29, 1.82) is 0 Å². The summed E-state index contributed by atoms with van der Waals surface area (Å²) in [4.78, 5) is 29.9. The van der Waals surface area contributed by atoms with E-state index >= 15 is 0 Å². The van der Waals surface area contributed by atoms with E-state index in [1.807, 2.05) is 30.5 Å². The summed E-state index contributed by atoms with van der Waals surface area (Å²) >= 11 is 1.42. The summed E-state index contributed by atoms with van der Waals surface area (Å²) in [5.74, 6) is 0.0610. The van der Waals surface area contributed by atoms with Crippen LogP contribution in [-0.4, -0.2) is 23.3 Å². The predicted molar refractivity (Wildman–Crippen MR) is 90.4 cm³/mol. The van der Waals surface area contributed by atoms with Crippen LogP contribution in [0.5, 0.6) is 0 Å². The number of hydrogen-bond donors (Lipinski definition) is 1. The van der Waals surface area contributed by atoms with Gasteiger partial charge in [-0.1, -0.05) is 29.8 Å². The highest BCUT2D eigenvalue weighted by atomic mass is 32.1. The number of carbonyl (C=O) groups excluding carboxylic acids is 2. The van der Waals surface area contributed by atoms with Crippen molar-refractivity contribution < 1.29 is 9.59 Å². The van der Waals surface area contributed by atoms with Gasteiger partial charge in [0.25, 0.3) is 0 Å². The van der Waals surface area contributed by atoms with Crippen LogP contribution in [0.2, 0.25) is 0 Å². The Bertz CT molecular complexity index is 726. The van der Waals surface area contributed by atoms with Crippen molar-refractivity contribution in [2.75, 3.05) is 11.4 Å². The summed E-state index contributed by atoms with van der Waals surface area (Å²) in [7, 11) is 0. The van der Waals surface area contributed by atoms with Gasteiger partial charge in [-0.2, -0.15) is 0 Å². The Labute approximate surface area is 139 Å². The minimum atomic E-state index is -0.0592. The van der Waals surface area contributed by atoms with E-state index in [4.69, 9.17) is 0 Å². The number of nitrogens with one attached hydrogen (secondary N) is 1. The lowest BCUT2D eigenvalue weighted by molar-refractivity contribution is -0.120. The fourth-order valence-electron chi connectivity index (χ4n) is 2.60. The Morgan fingerprint density at radius 3 is 3.04 bits per heavy atom. The summed E-state index contributed by atoms with van der Waals surface area (Å²) in [5, 5.41) is 5.46. The number of nitrogens with zero attached hydrogens (tertiary/aromatic N) is 2. The third-order valence-electron chi connectivity index (χ3n) is 3.76. The lowest BCUT2D eigenvalue weighted by atomic mass is 10.1. The summed E-state index contributed by atoms with van der Waals surface area (Å²) in [5.41, 5.74) is 2.97. The molecular formula is C17H19N3O2S. The maximum atomic E-state index is 12.0. The van der Waals surface area contributed by atoms with E-state index in [1.165, 1.54) is 16.9 Å². The van der Waals surface area contributed by atoms with Gasteiger partial charge in [0, 0.05) is 24.9 Å². The first-order valence-electron chi connectivity index (χ1n) is 7.69. The first-order chi connectivity index (χ1) is 11.1. The lowest BCUT2D eigenvalue weighted by Crippen LogP contribution is -2.25. The van der Waals surface area contributed by atoms with E-state index in [0.29, 0.717) is 23.8 Å². The van der Waals surface area contributed by atoms with E-state index < -0.39 is 0 Å². The highest BCUT2D eigenvalue weighted by molar-refractivity contribution is 7.14. The molecule has 2 amide bonds. The van der Waals surface area contributed by atoms with Crippen LogP contribution in [0.1, 0.15) is 29.7 Å². The van der Waals surface area contributed by atoms with E-state index in [-0.39, 0.29) is 18.2 Å². The molecule has 0 saturated carbocycles. The van der Waals surface area contributed by atoms with Crippen molar-refractivity contribution >= 4 is 28.3 Å². The maximum Gasteiger partial charge on any atom is 0.228 e. The van der Waals surface area contributed by atoms with Crippen molar-refractivity contribution in [2.24, 2.45) is 0 Å². The minimum absolute atomic E-state index is 0.0592. The van der Waals surface area contributed by atoms with Gasteiger partial charge >= 0.3 is 0 Å². The fraction of sp³-hybridized carbons (Fsp3) is 0.353. The molecule has 23 heavy (non-hydrogen) atoms. The summed E-state index contributed by atoms with van der Waals surface area (Å²) in [6, 6.07) is 8.06. The van der Waals surface area contributed by atoms with Gasteiger partial charge in [-0.25, -0.2) is 4.98 Å². The topological polar surface area (TPSA) is 62.3 Å². The summed E-state index contributed by atoms with van der Waals surface area (Å²) in [6.45, 7) is 3.27. The molecule has 1 N–H and O–H groups in total. The number of amides is 2. The molecule has 1 aliphatic rings. The van der Waals surface area contributed by atoms with Crippen molar-refractivity contribution in [3.05, 3.63) is 46.5 Å². The van der Waals surface area contributed by atoms with E-state index in [1.54, 1.807) is 4.90 Å². The normalized spacial score (nSPS) is 14.3. The molecule has 1 aliphatic heterocycles. The second-order valence-corrected chi connectivity index (χ2v) is 6.55. The molecule has 5 nitrogen and oxygen atoms in total. The molecule has 1 saturated heterocycles. The molecule has 0 aliphatic carbocycles. The average Bonchev–Trinajstić information content (AvgIpc) is 3.14. The van der Waals surface area contributed by atoms with Crippen LogP contribution < -0.4 is 10.2 Å². The molecule has 1 aromatic carbocycles. The van der Waals surface area contributed by atoms with Crippen LogP contribution in [0.4, 0.5) is 5.13 Å². The molecule has 0 spiro atoms. The van der Waals surface area contributed by atoms with E-state index in [2.05, 4.69) is 16.4 Å². The van der Waals surface area contributed by atoms with E-state index in [9.17, 15) is 9.59 Å². The number of benzene rings is 1. The number of aryl methyl sites for hydroxylation is 1. The van der Waals surface area contributed by atoms with Crippen molar-refractivity contribution in [3.63, 3.8) is 0 Å². The van der Waals surface area contributed by atoms with Crippen molar-refractivity contribution in [2.45, 2.75) is 32.7 Å². The molecule has 2 heterocycles. The molecule has 120 valence electrons. The Kier molecular flexibility index (Phi) is 4.71. The minimum Gasteiger partial charge on any atom is -0.352 e. The molecule has 6 heteroatoms. The lowest BCUT2D eigenvalue weighted by Gasteiger charge is -2.10. The van der Waals surface area contributed by atoms with E-state index in [0.717, 1.165) is 18.5 Å². The van der Waals surface area contributed by atoms with Gasteiger partial charge < -0.3 is 5.32 Å². The molecular weight excluding hydrogens is 310 g/mol. The first-order valence-corrected chi connectivity index (χ1v) is 8.57. The second kappa shape index (κ2) is 6.91. The number of rotatable bonds is 5. The van der Waals surface area contributed by atoms with Gasteiger partial charge in [0.1, 0.15) is 0 Å². The maximum absolute atomic E-state index is 12.0. The molecule has 3 rings (SSSR count). The zero-order chi connectivity index (χ0) is 16.2. The molecule has 0 radical (unpaired) electrons. The molecule has 1 fully saturated rings. The van der Waals surface area contributed by atoms with Crippen LogP contribution in [-0.2, 0) is 22.6 Å². The predicted octanol–water partition coefficient (Wildman–Crippen LogP) is 2.44. The molecule has 1 aromatic heterocycles. The second-order valence-electron chi connectivity index (χ2n) is 5.71. The smallest absolute Gasteiger partial charge is 0.228 e. The Hall–Kier alpha value is -2.21. The highest BCUT2D eigenvalue weighted by Gasteiger charge is 2.24. The third kappa shape index (κ3) is 3.96. The third-order valence-corrected chi connectivity index (χ3v) is 4.67. The molecule has 0 bridgehead atoms. The van der Waals surface area contributed by atoms with Gasteiger partial charge in [0.15, 0.2) is 5.13 Å². The quantitative estimate of drug-likeness (QED) is 0.916. The van der Waals surface area contributed by atoms with Crippen LogP contribution in [0.3, 0.4) is 0 Å². The molecule has 0 unspecified atom stereocenters. The number of aromatic nitrogens is 1. The van der Waals surface area contributed by atoms with Gasteiger partial charge in [0.05, 0.1) is 12.1 Å². The van der Waals surface area contributed by atoms with Crippen LogP contribution in [0, 0.1) is 6.92 Å². The highest BCUT2D eigenvalue weighted by Crippen LogP contribution is 2.25. The molecule has 0 atom stereocenters. The number of hydrogen-bond acceptors (Lipinski definition) is 4. The Morgan fingerprint density at radius 2 is 2.30 bits per heavy atom. The Balaban J connectivity index is 1.54. The largest absolute Gasteiger partial charge is 0.352 e. The van der Waals surface area contributed by atoms with Gasteiger partial charge in [-0.15, -0.1) is 11.3 Å². The van der Waals surface area contributed by atoms with Crippen molar-refractivity contribution in [3.8, 4) is 0 Å². The van der Waals surface area contributed by atoms with Gasteiger partial charge in [-0.05, 0) is 18.9 Å². The van der Waals surface area contributed by atoms with Crippen LogP contribution >= 0.6 is 11.3 Å². The van der Waals surface area contributed by atoms with Gasteiger partial charge in [0.2, 0.25) is 11.8 Å². The number of anilines is 1. The van der Waals surface area contributed by atoms with Crippen LogP contribution in [0.15, 0.2) is 29.6 Å². The average molecular weight is 329 g/mol. The Morgan fingerprint density at radius 1 is 1.43 bits per heavy atom. The SMILES string of the molecule is Cc1cccc(CNC(=O)Cc2csc(N3CCCC3=O)n2)c1. The zero-order valence-electron chi connectivity index (χ0n) is 13.0. The fourth-order valence-corrected chi connectivity index (χ4v) is 3.47. The number of thiazole rings is 1. The zero-order valence-corrected chi connectivity index (χ0v) is 13.9. The first kappa shape index (κ1) is 15.7. The van der Waals surface area contributed by atoms with Gasteiger partial charge in [-0.3, -0.25) is 14.5 Å². The summed E-state index contributed by atoms with van der Waals surface area (Å²) in [6.07, 6.45) is 1.71. The molecule has 2 aromatic rings. The van der Waals surface area contributed by atoms with Crippen molar-refractivity contribution in [1.82, 2.24) is 10.3 Å². The monoisotopic (exact) mass is 329 g/mol. The summed E-state index contributed by atoms with van der Waals surface area (Å²) < 4.78 is 0.